The first-order valence-corrected chi connectivity index (χ1v) is 6.40. The lowest BCUT2D eigenvalue weighted by atomic mass is 9.93. The smallest absolute Gasteiger partial charge is 0.137 e. The lowest BCUT2D eigenvalue weighted by Gasteiger charge is -2.09. The molecule has 0 saturated heterocycles. The molecular formula is C18H12N4. The standard InChI is InChI=1S/C18H12N4/c1-3-5-17-15(13(9-19)10-20)7-8-16(14(11-21)12-22)18(17)6-4-2/h3-4,7-8H,1-2,5-6H2. The highest BCUT2D eigenvalue weighted by atomic mass is 14.3. The van der Waals surface area contributed by atoms with Crippen LogP contribution < -0.4 is 10.4 Å². The van der Waals surface area contributed by atoms with Gasteiger partial charge in [-0.1, -0.05) is 24.3 Å². The predicted octanol–water partition coefficient (Wildman–Crippen LogP) is 1.54. The highest BCUT2D eigenvalue weighted by Crippen LogP contribution is 2.06. The summed E-state index contributed by atoms with van der Waals surface area (Å²) in [5.41, 5.74) is 1.41. The summed E-state index contributed by atoms with van der Waals surface area (Å²) in [5, 5.41) is 37.4. The maximum atomic E-state index is 9.10. The van der Waals surface area contributed by atoms with Crippen molar-refractivity contribution < 1.29 is 0 Å². The molecule has 0 radical (unpaired) electrons. The van der Waals surface area contributed by atoms with Crippen molar-refractivity contribution in [1.29, 1.82) is 21.0 Å². The van der Waals surface area contributed by atoms with Crippen LogP contribution in [0.2, 0.25) is 0 Å². The summed E-state index contributed by atoms with van der Waals surface area (Å²) in [6, 6.07) is 10.7. The number of benzene rings is 1. The Kier molecular flexibility index (Phi) is 5.88. The Morgan fingerprint density at radius 2 is 1.09 bits per heavy atom. The molecule has 0 spiro atoms. The summed E-state index contributed by atoms with van der Waals surface area (Å²) in [6.07, 6.45) is 4.15. The average Bonchev–Trinajstić information content (AvgIpc) is 2.54. The molecule has 104 valence electrons. The van der Waals surface area contributed by atoms with Gasteiger partial charge in [0.05, 0.1) is 0 Å². The van der Waals surface area contributed by atoms with E-state index in [0.717, 1.165) is 0 Å². The molecule has 0 bridgehead atoms. The average molecular weight is 284 g/mol. The summed E-state index contributed by atoms with van der Waals surface area (Å²) in [6.45, 7) is 7.37. The fraction of sp³-hybridized carbons (Fsp3) is 0.111. The molecule has 0 aliphatic rings. The summed E-state index contributed by atoms with van der Waals surface area (Å²) in [7, 11) is 0. The van der Waals surface area contributed by atoms with Crippen LogP contribution in [-0.2, 0) is 12.8 Å². The zero-order valence-corrected chi connectivity index (χ0v) is 11.9. The monoisotopic (exact) mass is 284 g/mol. The quantitative estimate of drug-likeness (QED) is 0.783. The van der Waals surface area contributed by atoms with Crippen molar-refractivity contribution in [3.05, 3.63) is 59.0 Å². The molecule has 0 aliphatic heterocycles. The third kappa shape index (κ3) is 3.10. The molecule has 1 aromatic rings. The normalized spacial score (nSPS) is 8.55. The van der Waals surface area contributed by atoms with Crippen LogP contribution in [0.25, 0.3) is 11.1 Å². The van der Waals surface area contributed by atoms with E-state index in [1.807, 2.05) is 24.3 Å². The van der Waals surface area contributed by atoms with Crippen LogP contribution in [0.5, 0.6) is 0 Å². The molecule has 0 N–H and O–H groups in total. The number of nitrogens with zero attached hydrogens (tertiary/aromatic N) is 4. The molecule has 0 unspecified atom stereocenters. The van der Waals surface area contributed by atoms with Crippen molar-refractivity contribution in [2.24, 2.45) is 0 Å². The van der Waals surface area contributed by atoms with Gasteiger partial charge in [-0.2, -0.15) is 21.0 Å². The van der Waals surface area contributed by atoms with E-state index in [1.165, 1.54) is 0 Å². The molecule has 0 heterocycles. The number of hydrogen-bond donors (Lipinski definition) is 0. The van der Waals surface area contributed by atoms with Gasteiger partial charge in [-0.05, 0) is 24.0 Å². The lowest BCUT2D eigenvalue weighted by Crippen LogP contribution is -2.24. The summed E-state index contributed by atoms with van der Waals surface area (Å²) in [4.78, 5) is 0. The van der Waals surface area contributed by atoms with Crippen molar-refractivity contribution in [2.75, 3.05) is 0 Å². The number of rotatable bonds is 4. The highest BCUT2D eigenvalue weighted by Gasteiger charge is 2.10. The van der Waals surface area contributed by atoms with Crippen LogP contribution >= 0.6 is 0 Å². The Labute approximate surface area is 129 Å². The van der Waals surface area contributed by atoms with Crippen LogP contribution in [0, 0.1) is 45.3 Å². The van der Waals surface area contributed by atoms with Gasteiger partial charge in [-0.25, -0.2) is 0 Å². The number of nitriles is 4. The second kappa shape index (κ2) is 7.86. The number of hydrogen-bond acceptors (Lipinski definition) is 4. The van der Waals surface area contributed by atoms with Crippen molar-refractivity contribution >= 4 is 11.1 Å². The topological polar surface area (TPSA) is 95.2 Å². The zero-order chi connectivity index (χ0) is 16.5. The van der Waals surface area contributed by atoms with E-state index in [4.69, 9.17) is 21.0 Å². The van der Waals surface area contributed by atoms with E-state index >= 15 is 0 Å². The van der Waals surface area contributed by atoms with Crippen molar-refractivity contribution in [1.82, 2.24) is 0 Å². The molecule has 0 amide bonds. The van der Waals surface area contributed by atoms with Crippen LogP contribution in [0.4, 0.5) is 0 Å². The minimum atomic E-state index is -0.0100. The Balaban J connectivity index is 4.17. The molecular weight excluding hydrogens is 272 g/mol. The van der Waals surface area contributed by atoms with E-state index in [-0.39, 0.29) is 11.1 Å². The Hall–Kier alpha value is -3.60. The maximum absolute atomic E-state index is 9.10. The van der Waals surface area contributed by atoms with E-state index in [1.54, 1.807) is 24.3 Å². The van der Waals surface area contributed by atoms with E-state index in [2.05, 4.69) is 13.2 Å². The van der Waals surface area contributed by atoms with Gasteiger partial charge < -0.3 is 0 Å². The summed E-state index contributed by atoms with van der Waals surface area (Å²) < 4.78 is 0. The van der Waals surface area contributed by atoms with Gasteiger partial charge in [0, 0.05) is 10.4 Å². The predicted molar refractivity (Wildman–Crippen MR) is 82.8 cm³/mol. The van der Waals surface area contributed by atoms with Gasteiger partial charge in [-0.3, -0.25) is 0 Å². The van der Waals surface area contributed by atoms with Gasteiger partial charge in [0.15, 0.2) is 0 Å². The molecule has 0 aromatic heterocycles. The van der Waals surface area contributed by atoms with Crippen LogP contribution in [-0.4, -0.2) is 0 Å². The SMILES string of the molecule is C=CCc1c(CC=C)c(=C(C#N)C#N)ccc1=C(C#N)C#N. The molecule has 0 aliphatic carbocycles. The Bertz CT molecular complexity index is 798. The van der Waals surface area contributed by atoms with Gasteiger partial charge in [0.2, 0.25) is 0 Å². The van der Waals surface area contributed by atoms with Crippen molar-refractivity contribution in [2.45, 2.75) is 12.8 Å². The minimum absolute atomic E-state index is 0.0100. The van der Waals surface area contributed by atoms with E-state index in [9.17, 15) is 0 Å². The van der Waals surface area contributed by atoms with Gasteiger partial charge in [0.1, 0.15) is 35.4 Å². The van der Waals surface area contributed by atoms with Crippen LogP contribution in [0.3, 0.4) is 0 Å². The van der Waals surface area contributed by atoms with Crippen molar-refractivity contribution in [3.63, 3.8) is 0 Å². The third-order valence-electron chi connectivity index (χ3n) is 3.11. The Morgan fingerprint density at radius 3 is 1.32 bits per heavy atom. The molecule has 4 heteroatoms. The zero-order valence-electron chi connectivity index (χ0n) is 11.9. The maximum Gasteiger partial charge on any atom is 0.137 e. The number of allylic oxidation sites excluding steroid dienone is 2. The minimum Gasteiger partial charge on any atom is -0.192 e. The molecule has 22 heavy (non-hydrogen) atoms. The summed E-state index contributed by atoms with van der Waals surface area (Å²) in [5.74, 6) is 0. The molecule has 1 rings (SSSR count). The van der Waals surface area contributed by atoms with Gasteiger partial charge in [-0.15, -0.1) is 13.2 Å². The van der Waals surface area contributed by atoms with Crippen LogP contribution in [0.15, 0.2) is 37.4 Å². The lowest BCUT2D eigenvalue weighted by molar-refractivity contribution is 1.11. The molecule has 0 saturated carbocycles. The second-order valence-electron chi connectivity index (χ2n) is 4.30. The fourth-order valence-electron chi connectivity index (χ4n) is 2.21. The van der Waals surface area contributed by atoms with Gasteiger partial charge >= 0.3 is 0 Å². The second-order valence-corrected chi connectivity index (χ2v) is 4.30. The van der Waals surface area contributed by atoms with E-state index in [0.29, 0.717) is 34.4 Å². The third-order valence-corrected chi connectivity index (χ3v) is 3.11. The van der Waals surface area contributed by atoms with Crippen LogP contribution in [0.1, 0.15) is 11.1 Å². The first-order valence-electron chi connectivity index (χ1n) is 6.40. The highest BCUT2D eigenvalue weighted by molar-refractivity contribution is 5.76. The molecule has 4 nitrogen and oxygen atoms in total. The molecule has 0 atom stereocenters. The van der Waals surface area contributed by atoms with Gasteiger partial charge in [0.25, 0.3) is 0 Å². The first-order chi connectivity index (χ1) is 10.7. The van der Waals surface area contributed by atoms with E-state index < -0.39 is 0 Å². The van der Waals surface area contributed by atoms with Crippen molar-refractivity contribution in [3.8, 4) is 24.3 Å². The fourth-order valence-corrected chi connectivity index (χ4v) is 2.21. The molecule has 1 aromatic carbocycles. The Morgan fingerprint density at radius 1 is 0.773 bits per heavy atom. The molecule has 0 fully saturated rings. The largest absolute Gasteiger partial charge is 0.192 e. The first kappa shape index (κ1) is 16.5. The summed E-state index contributed by atoms with van der Waals surface area (Å²) >= 11 is 0.